The van der Waals surface area contributed by atoms with Crippen molar-refractivity contribution in [3.63, 3.8) is 0 Å². The van der Waals surface area contributed by atoms with Crippen molar-refractivity contribution in [3.8, 4) is 0 Å². The largest absolute Gasteiger partial charge is 0.340 e. The molecule has 0 N–H and O–H groups in total. The molecule has 4 heteroatoms. The topological polar surface area (TPSA) is 25.2 Å². The fourth-order valence-corrected chi connectivity index (χ4v) is 4.71. The molecular weight excluding hydrogens is 328 g/mol. The average Bonchev–Trinajstić information content (AvgIpc) is 2.90. The lowest BCUT2D eigenvalue weighted by Crippen LogP contribution is -2.35. The fourth-order valence-electron chi connectivity index (χ4n) is 3.48. The molecule has 0 radical (unpaired) electrons. The van der Waals surface area contributed by atoms with Gasteiger partial charge in [-0.3, -0.25) is 4.79 Å². The Morgan fingerprint density at radius 1 is 1.00 bits per heavy atom. The Hall–Kier alpha value is -2.20. The predicted molar refractivity (Wildman–Crippen MR) is 105 cm³/mol. The summed E-state index contributed by atoms with van der Waals surface area (Å²) in [6, 6.07) is 20.9. The van der Waals surface area contributed by atoms with Gasteiger partial charge in [-0.2, -0.15) is 11.8 Å². The summed E-state index contributed by atoms with van der Waals surface area (Å²) in [5, 5.41) is 1.68. The van der Waals surface area contributed by atoms with E-state index in [0.29, 0.717) is 11.8 Å². The third-order valence-corrected chi connectivity index (χ3v) is 6.18. The number of benzene rings is 2. The van der Waals surface area contributed by atoms with Crippen LogP contribution in [0.4, 0.5) is 0 Å². The molecule has 0 spiro atoms. The molecule has 0 aliphatic carbocycles. The van der Waals surface area contributed by atoms with Crippen LogP contribution in [0.25, 0.3) is 10.9 Å². The van der Waals surface area contributed by atoms with Crippen LogP contribution in [0.2, 0.25) is 0 Å². The van der Waals surface area contributed by atoms with Gasteiger partial charge in [0.2, 0.25) is 5.91 Å². The van der Waals surface area contributed by atoms with Crippen LogP contribution in [-0.4, -0.2) is 34.2 Å². The van der Waals surface area contributed by atoms with Gasteiger partial charge in [0.1, 0.15) is 6.54 Å². The molecule has 0 unspecified atom stereocenters. The van der Waals surface area contributed by atoms with E-state index in [1.54, 1.807) is 0 Å². The van der Waals surface area contributed by atoms with E-state index >= 15 is 0 Å². The second-order valence-electron chi connectivity index (χ2n) is 6.44. The maximum Gasteiger partial charge on any atom is 0.242 e. The van der Waals surface area contributed by atoms with Gasteiger partial charge in [0.05, 0.1) is 0 Å². The molecule has 4 rings (SSSR count). The van der Waals surface area contributed by atoms with Crippen molar-refractivity contribution in [3.05, 3.63) is 72.4 Å². The van der Waals surface area contributed by atoms with E-state index in [4.69, 9.17) is 0 Å². The number of aromatic nitrogens is 1. The Bertz CT molecular complexity index is 858. The highest BCUT2D eigenvalue weighted by molar-refractivity contribution is 7.99. The van der Waals surface area contributed by atoms with Crippen molar-refractivity contribution in [2.45, 2.75) is 18.2 Å². The monoisotopic (exact) mass is 350 g/mol. The zero-order chi connectivity index (χ0) is 17.1. The van der Waals surface area contributed by atoms with Crippen LogP contribution in [0.3, 0.4) is 0 Å². The molecule has 2 aromatic carbocycles. The maximum absolute atomic E-state index is 12.8. The molecule has 1 aliphatic heterocycles. The third-order valence-electron chi connectivity index (χ3n) is 4.85. The van der Waals surface area contributed by atoms with E-state index in [1.165, 1.54) is 10.9 Å². The second kappa shape index (κ2) is 7.36. The van der Waals surface area contributed by atoms with Crippen molar-refractivity contribution >= 4 is 28.6 Å². The number of fused-ring (bicyclic) bond motifs is 1. The minimum absolute atomic E-state index is 0.218. The van der Waals surface area contributed by atoms with E-state index in [0.717, 1.165) is 30.8 Å². The fraction of sp³-hybridized carbons (Fsp3) is 0.286. The Morgan fingerprint density at radius 3 is 2.68 bits per heavy atom. The van der Waals surface area contributed by atoms with Crippen LogP contribution in [0.1, 0.15) is 17.2 Å². The molecule has 1 amide bonds. The first-order valence-electron chi connectivity index (χ1n) is 8.79. The number of rotatable bonds is 3. The van der Waals surface area contributed by atoms with Crippen molar-refractivity contribution in [2.24, 2.45) is 0 Å². The SMILES string of the molecule is O=C(Cn1ccc2ccccc21)N1CCS[C@H](c2ccccc2)CC1. The summed E-state index contributed by atoms with van der Waals surface area (Å²) < 4.78 is 2.06. The Labute approximate surface area is 152 Å². The predicted octanol–water partition coefficient (Wildman–Crippen LogP) is 4.35. The van der Waals surface area contributed by atoms with Crippen LogP contribution in [0.15, 0.2) is 66.9 Å². The van der Waals surface area contributed by atoms with Gasteiger partial charge < -0.3 is 9.47 Å². The van der Waals surface area contributed by atoms with Crippen LogP contribution < -0.4 is 0 Å². The molecule has 2 heterocycles. The second-order valence-corrected chi connectivity index (χ2v) is 7.75. The van der Waals surface area contributed by atoms with Gasteiger partial charge in [-0.1, -0.05) is 48.5 Å². The number of amides is 1. The normalized spacial score (nSPS) is 18.2. The highest BCUT2D eigenvalue weighted by atomic mass is 32.2. The van der Waals surface area contributed by atoms with Crippen molar-refractivity contribution in [1.29, 1.82) is 0 Å². The molecule has 25 heavy (non-hydrogen) atoms. The molecule has 3 aromatic rings. The number of thioether (sulfide) groups is 1. The number of nitrogens with zero attached hydrogens (tertiary/aromatic N) is 2. The van der Waals surface area contributed by atoms with Crippen LogP contribution in [-0.2, 0) is 11.3 Å². The van der Waals surface area contributed by atoms with Gasteiger partial charge in [-0.15, -0.1) is 0 Å². The Morgan fingerprint density at radius 2 is 1.80 bits per heavy atom. The first kappa shape index (κ1) is 16.3. The standard InChI is InChI=1S/C21H22N2OS/c24-21(16-23-12-10-17-6-4-5-9-19(17)23)22-13-11-20(25-15-14-22)18-7-2-1-3-8-18/h1-10,12,20H,11,13-16H2/t20-/m0/s1. The highest BCUT2D eigenvalue weighted by Gasteiger charge is 2.22. The molecule has 1 aromatic heterocycles. The van der Waals surface area contributed by atoms with Gasteiger partial charge in [0.15, 0.2) is 0 Å². The zero-order valence-electron chi connectivity index (χ0n) is 14.2. The smallest absolute Gasteiger partial charge is 0.242 e. The van der Waals surface area contributed by atoms with Crippen molar-refractivity contribution in [2.75, 3.05) is 18.8 Å². The lowest BCUT2D eigenvalue weighted by atomic mass is 10.1. The van der Waals surface area contributed by atoms with Gasteiger partial charge in [-0.25, -0.2) is 0 Å². The van der Waals surface area contributed by atoms with E-state index in [1.807, 2.05) is 35.0 Å². The molecule has 1 aliphatic rings. The van der Waals surface area contributed by atoms with Gasteiger partial charge in [-0.05, 0) is 29.5 Å². The molecule has 1 fully saturated rings. The molecule has 128 valence electrons. The van der Waals surface area contributed by atoms with Crippen LogP contribution in [0, 0.1) is 0 Å². The summed E-state index contributed by atoms with van der Waals surface area (Å²) in [7, 11) is 0. The van der Waals surface area contributed by atoms with Crippen molar-refractivity contribution in [1.82, 2.24) is 9.47 Å². The average molecular weight is 350 g/mol. The Kier molecular flexibility index (Phi) is 4.79. The zero-order valence-corrected chi connectivity index (χ0v) is 15.0. The summed E-state index contributed by atoms with van der Waals surface area (Å²) in [5.74, 6) is 1.22. The van der Waals surface area contributed by atoms with Crippen LogP contribution >= 0.6 is 11.8 Å². The first-order valence-corrected chi connectivity index (χ1v) is 9.84. The summed E-state index contributed by atoms with van der Waals surface area (Å²) in [6.45, 7) is 2.10. The van der Waals surface area contributed by atoms with E-state index in [2.05, 4.69) is 53.1 Å². The Balaban J connectivity index is 1.43. The molecule has 1 atom stereocenters. The van der Waals surface area contributed by atoms with Gasteiger partial charge >= 0.3 is 0 Å². The highest BCUT2D eigenvalue weighted by Crippen LogP contribution is 2.34. The minimum atomic E-state index is 0.218. The number of hydrogen-bond donors (Lipinski definition) is 0. The number of carbonyl (C=O) groups excluding carboxylic acids is 1. The summed E-state index contributed by atoms with van der Waals surface area (Å²) in [6.07, 6.45) is 3.04. The van der Waals surface area contributed by atoms with E-state index in [9.17, 15) is 4.79 Å². The summed E-state index contributed by atoms with van der Waals surface area (Å²) in [5.41, 5.74) is 2.50. The maximum atomic E-state index is 12.8. The van der Waals surface area contributed by atoms with Crippen LogP contribution in [0.5, 0.6) is 0 Å². The number of para-hydroxylation sites is 1. The molecule has 0 bridgehead atoms. The number of carbonyl (C=O) groups is 1. The molecule has 0 saturated carbocycles. The minimum Gasteiger partial charge on any atom is -0.340 e. The lowest BCUT2D eigenvalue weighted by Gasteiger charge is -2.21. The van der Waals surface area contributed by atoms with Crippen molar-refractivity contribution < 1.29 is 4.79 Å². The van der Waals surface area contributed by atoms with Gasteiger partial charge in [0, 0.05) is 35.8 Å². The quantitative estimate of drug-likeness (QED) is 0.702. The van der Waals surface area contributed by atoms with E-state index in [-0.39, 0.29) is 5.91 Å². The molecule has 3 nitrogen and oxygen atoms in total. The summed E-state index contributed by atoms with van der Waals surface area (Å²) in [4.78, 5) is 14.8. The van der Waals surface area contributed by atoms with Gasteiger partial charge in [0.25, 0.3) is 0 Å². The number of hydrogen-bond acceptors (Lipinski definition) is 2. The molecule has 1 saturated heterocycles. The third kappa shape index (κ3) is 3.59. The first-order chi connectivity index (χ1) is 12.3. The summed E-state index contributed by atoms with van der Waals surface area (Å²) >= 11 is 1.97. The lowest BCUT2D eigenvalue weighted by molar-refractivity contribution is -0.131. The molecular formula is C21H22N2OS. The van der Waals surface area contributed by atoms with E-state index < -0.39 is 0 Å².